The largest absolute Gasteiger partial charge is 0.433 e. The van der Waals surface area contributed by atoms with Gasteiger partial charge < -0.3 is 14.7 Å². The quantitative estimate of drug-likeness (QED) is 0.493. The van der Waals surface area contributed by atoms with E-state index in [2.05, 4.69) is 10.2 Å². The zero-order valence-electron chi connectivity index (χ0n) is 11.1. The number of thioether (sulfide) groups is 1. The van der Waals surface area contributed by atoms with Gasteiger partial charge in [-0.25, -0.2) is 0 Å². The number of nitro groups is 1. The zero-order valence-corrected chi connectivity index (χ0v) is 12.0. The summed E-state index contributed by atoms with van der Waals surface area (Å²) in [5, 5.41) is 19.4. The molecule has 0 radical (unpaired) electrons. The molecule has 0 atom stereocenters. The van der Waals surface area contributed by atoms with Crippen LogP contribution in [0.4, 0.5) is 5.88 Å². The topological polar surface area (TPSA) is 113 Å². The summed E-state index contributed by atoms with van der Waals surface area (Å²) in [5.41, 5.74) is 5.62. The van der Waals surface area contributed by atoms with Crippen LogP contribution in [-0.4, -0.2) is 19.7 Å². The van der Waals surface area contributed by atoms with Crippen LogP contribution in [0.15, 0.2) is 21.7 Å². The van der Waals surface area contributed by atoms with Crippen LogP contribution in [0.25, 0.3) is 0 Å². The number of aromatic nitrogens is 3. The molecule has 2 aromatic rings. The van der Waals surface area contributed by atoms with E-state index in [-0.39, 0.29) is 11.9 Å². The maximum Gasteiger partial charge on any atom is 0.433 e. The Morgan fingerprint density at radius 3 is 2.80 bits per heavy atom. The fraction of sp³-hybridized carbons (Fsp3) is 0.455. The van der Waals surface area contributed by atoms with Gasteiger partial charge in [0.05, 0.1) is 18.4 Å². The zero-order chi connectivity index (χ0) is 14.7. The van der Waals surface area contributed by atoms with Gasteiger partial charge in [-0.05, 0) is 19.9 Å². The average Bonchev–Trinajstić information content (AvgIpc) is 3.02. The molecule has 0 spiro atoms. The Hall–Kier alpha value is -1.87. The van der Waals surface area contributed by atoms with Crippen LogP contribution in [0.3, 0.4) is 0 Å². The molecule has 108 valence electrons. The van der Waals surface area contributed by atoms with Crippen molar-refractivity contribution in [3.63, 3.8) is 0 Å². The Morgan fingerprint density at radius 2 is 2.25 bits per heavy atom. The third-order valence-electron chi connectivity index (χ3n) is 2.61. The third kappa shape index (κ3) is 2.99. The van der Waals surface area contributed by atoms with Gasteiger partial charge in [0.1, 0.15) is 16.5 Å². The van der Waals surface area contributed by atoms with Gasteiger partial charge in [0.25, 0.3) is 0 Å². The van der Waals surface area contributed by atoms with Gasteiger partial charge >= 0.3 is 5.88 Å². The molecule has 0 aromatic carbocycles. The summed E-state index contributed by atoms with van der Waals surface area (Å²) in [5.74, 6) is 1.43. The number of hydrogen-bond acceptors (Lipinski definition) is 7. The Bertz CT molecular complexity index is 607. The fourth-order valence-electron chi connectivity index (χ4n) is 1.74. The van der Waals surface area contributed by atoms with E-state index in [1.807, 2.05) is 18.4 Å². The molecule has 2 heterocycles. The van der Waals surface area contributed by atoms with Crippen molar-refractivity contribution in [2.75, 3.05) is 0 Å². The Kier molecular flexibility index (Phi) is 4.40. The van der Waals surface area contributed by atoms with Gasteiger partial charge in [0, 0.05) is 6.04 Å². The van der Waals surface area contributed by atoms with Gasteiger partial charge in [-0.3, -0.25) is 10.1 Å². The summed E-state index contributed by atoms with van der Waals surface area (Å²) in [6.07, 6.45) is 0. The highest BCUT2D eigenvalue weighted by molar-refractivity contribution is 7.98. The SMILES string of the molecule is CC(C)n1c(CN)nnc1SCc1ccc([N+](=O)[O-])o1. The molecule has 0 amide bonds. The molecule has 20 heavy (non-hydrogen) atoms. The van der Waals surface area contributed by atoms with Crippen LogP contribution in [0.5, 0.6) is 0 Å². The highest BCUT2D eigenvalue weighted by Gasteiger charge is 2.16. The lowest BCUT2D eigenvalue weighted by Crippen LogP contribution is -2.11. The molecule has 0 saturated carbocycles. The second kappa shape index (κ2) is 6.06. The van der Waals surface area contributed by atoms with E-state index < -0.39 is 4.92 Å². The minimum atomic E-state index is -0.558. The predicted octanol–water partition coefficient (Wildman–Crippen LogP) is 2.11. The van der Waals surface area contributed by atoms with Crippen LogP contribution in [0.1, 0.15) is 31.5 Å². The molecule has 9 heteroatoms. The molecular weight excluding hydrogens is 282 g/mol. The molecule has 2 rings (SSSR count). The van der Waals surface area contributed by atoms with E-state index in [0.29, 0.717) is 23.9 Å². The van der Waals surface area contributed by atoms with Crippen LogP contribution in [0, 0.1) is 10.1 Å². The maximum atomic E-state index is 10.5. The van der Waals surface area contributed by atoms with Crippen LogP contribution < -0.4 is 5.73 Å². The molecule has 0 aliphatic carbocycles. The summed E-state index contributed by atoms with van der Waals surface area (Å²) in [4.78, 5) is 9.98. The first-order valence-corrected chi connectivity index (χ1v) is 7.01. The monoisotopic (exact) mass is 297 g/mol. The number of rotatable bonds is 6. The van der Waals surface area contributed by atoms with Crippen LogP contribution in [-0.2, 0) is 12.3 Å². The predicted molar refractivity (Wildman–Crippen MR) is 73.2 cm³/mol. The number of nitrogens with two attached hydrogens (primary N) is 1. The molecular formula is C11H15N5O3S. The van der Waals surface area contributed by atoms with Crippen molar-refractivity contribution in [1.29, 1.82) is 0 Å². The van der Waals surface area contributed by atoms with E-state index in [4.69, 9.17) is 10.2 Å². The van der Waals surface area contributed by atoms with E-state index in [1.165, 1.54) is 17.8 Å². The lowest BCUT2D eigenvalue weighted by molar-refractivity contribution is -0.402. The highest BCUT2D eigenvalue weighted by atomic mass is 32.2. The first-order chi connectivity index (χ1) is 9.52. The number of furan rings is 1. The van der Waals surface area contributed by atoms with Gasteiger partial charge in [0.2, 0.25) is 0 Å². The molecule has 0 aliphatic rings. The maximum absolute atomic E-state index is 10.5. The molecule has 0 aliphatic heterocycles. The molecule has 0 fully saturated rings. The number of hydrogen-bond donors (Lipinski definition) is 1. The van der Waals surface area contributed by atoms with E-state index >= 15 is 0 Å². The van der Waals surface area contributed by atoms with Gasteiger partial charge in [-0.2, -0.15) is 0 Å². The van der Waals surface area contributed by atoms with Crippen molar-refractivity contribution in [1.82, 2.24) is 14.8 Å². The molecule has 0 unspecified atom stereocenters. The van der Waals surface area contributed by atoms with Crippen LogP contribution >= 0.6 is 11.8 Å². The molecule has 2 N–H and O–H groups in total. The molecule has 0 saturated heterocycles. The van der Waals surface area contributed by atoms with Gasteiger partial charge in [-0.1, -0.05) is 11.8 Å². The van der Waals surface area contributed by atoms with Crippen molar-refractivity contribution < 1.29 is 9.34 Å². The van der Waals surface area contributed by atoms with Crippen molar-refractivity contribution in [2.24, 2.45) is 5.73 Å². The third-order valence-corrected chi connectivity index (χ3v) is 3.57. The molecule has 0 bridgehead atoms. The normalized spacial score (nSPS) is 11.2. The van der Waals surface area contributed by atoms with Crippen molar-refractivity contribution in [2.45, 2.75) is 37.3 Å². The summed E-state index contributed by atoms with van der Waals surface area (Å²) >= 11 is 1.41. The second-order valence-electron chi connectivity index (χ2n) is 4.35. The van der Waals surface area contributed by atoms with Crippen molar-refractivity contribution in [3.05, 3.63) is 33.8 Å². The fourth-order valence-corrected chi connectivity index (χ4v) is 2.72. The van der Waals surface area contributed by atoms with Crippen molar-refractivity contribution in [3.8, 4) is 0 Å². The lowest BCUT2D eigenvalue weighted by Gasteiger charge is -2.12. The first kappa shape index (κ1) is 14.5. The summed E-state index contributed by atoms with van der Waals surface area (Å²) < 4.78 is 7.04. The highest BCUT2D eigenvalue weighted by Crippen LogP contribution is 2.27. The summed E-state index contributed by atoms with van der Waals surface area (Å²) in [6, 6.07) is 3.12. The van der Waals surface area contributed by atoms with Crippen molar-refractivity contribution >= 4 is 17.6 Å². The minimum Gasteiger partial charge on any atom is -0.405 e. The summed E-state index contributed by atoms with van der Waals surface area (Å²) in [6.45, 7) is 4.35. The minimum absolute atomic E-state index is 0.192. The van der Waals surface area contributed by atoms with Crippen LogP contribution in [0.2, 0.25) is 0 Å². The number of nitrogens with zero attached hydrogens (tertiary/aromatic N) is 4. The second-order valence-corrected chi connectivity index (χ2v) is 5.29. The Balaban J connectivity index is 2.10. The van der Waals surface area contributed by atoms with Gasteiger partial charge in [0.15, 0.2) is 5.16 Å². The van der Waals surface area contributed by atoms with E-state index in [0.717, 1.165) is 5.16 Å². The van der Waals surface area contributed by atoms with E-state index in [9.17, 15) is 10.1 Å². The smallest absolute Gasteiger partial charge is 0.405 e. The average molecular weight is 297 g/mol. The van der Waals surface area contributed by atoms with E-state index in [1.54, 1.807) is 6.07 Å². The Labute approximate surface area is 119 Å². The van der Waals surface area contributed by atoms with Gasteiger partial charge in [-0.15, -0.1) is 10.2 Å². The molecule has 2 aromatic heterocycles. The standard InChI is InChI=1S/C11H15N5O3S/c1-7(2)15-9(5-12)13-14-11(15)20-6-8-3-4-10(19-8)16(17)18/h3-4,7H,5-6,12H2,1-2H3. The Morgan fingerprint density at radius 1 is 1.50 bits per heavy atom. The summed E-state index contributed by atoms with van der Waals surface area (Å²) in [7, 11) is 0. The lowest BCUT2D eigenvalue weighted by atomic mass is 10.4. The first-order valence-electron chi connectivity index (χ1n) is 6.02. The molecule has 8 nitrogen and oxygen atoms in total.